The van der Waals surface area contributed by atoms with Crippen LogP contribution in [0.4, 0.5) is 22.0 Å². The average Bonchev–Trinajstić information content (AvgIpc) is 3.29. The molecular formula is C23H30N8O2. The van der Waals surface area contributed by atoms with Crippen molar-refractivity contribution in [3.63, 3.8) is 0 Å². The van der Waals surface area contributed by atoms with Gasteiger partial charge in [0.1, 0.15) is 12.1 Å². The van der Waals surface area contributed by atoms with Gasteiger partial charge in [0.05, 0.1) is 18.9 Å². The number of ether oxygens (including phenoxy) is 1. The topological polar surface area (TPSA) is 124 Å². The number of nitrogens with one attached hydrogen (secondary N) is 2. The van der Waals surface area contributed by atoms with E-state index in [9.17, 15) is 4.79 Å². The van der Waals surface area contributed by atoms with Crippen LogP contribution in [0.5, 0.6) is 0 Å². The number of hydrogen-bond donors (Lipinski definition) is 3. The maximum absolute atomic E-state index is 12.9. The van der Waals surface area contributed by atoms with Gasteiger partial charge >= 0.3 is 6.03 Å². The van der Waals surface area contributed by atoms with Gasteiger partial charge in [0.15, 0.2) is 0 Å². The molecule has 4 N–H and O–H groups in total. The molecule has 2 aromatic rings. The number of carbonyl (C=O) groups excluding carboxylic acids is 1. The highest BCUT2D eigenvalue weighted by Crippen LogP contribution is 2.30. The van der Waals surface area contributed by atoms with Crippen molar-refractivity contribution in [2.24, 2.45) is 5.73 Å². The summed E-state index contributed by atoms with van der Waals surface area (Å²) in [6.07, 6.45) is 4.51. The number of morpholine rings is 1. The molecule has 33 heavy (non-hydrogen) atoms. The van der Waals surface area contributed by atoms with E-state index in [-0.39, 0.29) is 6.03 Å². The smallest absolute Gasteiger partial charge is 0.327 e. The molecule has 2 aliphatic rings. The number of rotatable bonds is 7. The van der Waals surface area contributed by atoms with Gasteiger partial charge in [-0.2, -0.15) is 0 Å². The molecule has 4 rings (SSSR count). The third kappa shape index (κ3) is 5.12. The highest BCUT2D eigenvalue weighted by Gasteiger charge is 2.29. The summed E-state index contributed by atoms with van der Waals surface area (Å²) < 4.78 is 5.40. The molecule has 0 atom stereocenters. The summed E-state index contributed by atoms with van der Waals surface area (Å²) in [6.45, 7) is 5.99. The summed E-state index contributed by atoms with van der Waals surface area (Å²) in [5.41, 5.74) is 9.35. The second-order valence-corrected chi connectivity index (χ2v) is 8.05. The van der Waals surface area contributed by atoms with E-state index in [1.54, 1.807) is 4.90 Å². The van der Waals surface area contributed by atoms with Crippen LogP contribution in [0, 0.1) is 5.41 Å². The third-order valence-corrected chi connectivity index (χ3v) is 6.03. The zero-order chi connectivity index (χ0) is 23.2. The number of carbonyl (C=O) groups is 1. The summed E-state index contributed by atoms with van der Waals surface area (Å²) >= 11 is 0. The molecule has 0 radical (unpaired) electrons. The van der Waals surface area contributed by atoms with Crippen LogP contribution in [-0.2, 0) is 11.2 Å². The van der Waals surface area contributed by atoms with E-state index >= 15 is 0 Å². The Hall–Kier alpha value is -3.50. The van der Waals surface area contributed by atoms with Crippen molar-refractivity contribution >= 4 is 35.0 Å². The summed E-state index contributed by atoms with van der Waals surface area (Å²) in [5.74, 6) is 0.554. The molecule has 2 aliphatic heterocycles. The van der Waals surface area contributed by atoms with Gasteiger partial charge in [-0.1, -0.05) is 0 Å². The van der Waals surface area contributed by atoms with Gasteiger partial charge in [-0.05, 0) is 30.7 Å². The van der Waals surface area contributed by atoms with Gasteiger partial charge in [0.25, 0.3) is 0 Å². The molecule has 0 unspecified atom stereocenters. The number of likely N-dealkylation sites (N-methyl/N-ethyl adjacent to an activating group) is 1. The van der Waals surface area contributed by atoms with Crippen molar-refractivity contribution in [2.75, 3.05) is 68.1 Å². The molecular weight excluding hydrogens is 420 g/mol. The molecule has 1 fully saturated rings. The Morgan fingerprint density at radius 2 is 2.00 bits per heavy atom. The Bertz CT molecular complexity index is 1020. The van der Waals surface area contributed by atoms with Crippen molar-refractivity contribution in [1.82, 2.24) is 14.9 Å². The Balaban J connectivity index is 1.37. The Morgan fingerprint density at radius 1 is 1.24 bits per heavy atom. The van der Waals surface area contributed by atoms with Gasteiger partial charge in [-0.25, -0.2) is 14.8 Å². The molecule has 0 spiro atoms. The summed E-state index contributed by atoms with van der Waals surface area (Å²) in [7, 11) is 2.07. The van der Waals surface area contributed by atoms with Crippen LogP contribution in [0.15, 0.2) is 36.8 Å². The second kappa shape index (κ2) is 10.4. The predicted molar refractivity (Wildman–Crippen MR) is 130 cm³/mol. The normalized spacial score (nSPS) is 16.4. The molecule has 1 aromatic carbocycles. The highest BCUT2D eigenvalue weighted by atomic mass is 16.5. The number of urea groups is 1. The van der Waals surface area contributed by atoms with Crippen molar-refractivity contribution in [3.05, 3.63) is 48.1 Å². The summed E-state index contributed by atoms with van der Waals surface area (Å²) in [4.78, 5) is 27.7. The number of benzene rings is 1. The zero-order valence-electron chi connectivity index (χ0n) is 18.8. The predicted octanol–water partition coefficient (Wildman–Crippen LogP) is 1.79. The minimum absolute atomic E-state index is 0.250. The summed E-state index contributed by atoms with van der Waals surface area (Å²) in [5, 5.41) is 10.5. The number of anilines is 3. The van der Waals surface area contributed by atoms with Gasteiger partial charge in [0, 0.05) is 74.7 Å². The van der Waals surface area contributed by atoms with E-state index in [1.807, 2.05) is 24.3 Å². The number of fused-ring (bicyclic) bond motifs is 1. The number of aromatic nitrogens is 2. The minimum Gasteiger partial charge on any atom is -0.404 e. The van der Waals surface area contributed by atoms with Crippen LogP contribution in [0.1, 0.15) is 11.3 Å². The standard InChI is InChI=1S/C23H30N8O2/c1-29(8-9-30-10-12-33-13-11-30)19-4-2-18(3-5-19)28-23(32)31-7-6-20-21(17(14-24)15-25)26-16-27-22(20)31/h2-5,14-16,24H,6-13,25H2,1H3,(H,28,32)/b17-15+,24-14?. The number of nitrogens with two attached hydrogens (primary N) is 1. The van der Waals surface area contributed by atoms with Gasteiger partial charge < -0.3 is 26.1 Å². The molecule has 3 heterocycles. The number of amides is 2. The number of hydrogen-bond acceptors (Lipinski definition) is 8. The lowest BCUT2D eigenvalue weighted by atomic mass is 10.1. The molecule has 1 aromatic heterocycles. The quantitative estimate of drug-likeness (QED) is 0.550. The Labute approximate surface area is 193 Å². The first-order valence-electron chi connectivity index (χ1n) is 11.1. The fraction of sp³-hybridized carbons (Fsp3) is 0.391. The molecule has 0 bridgehead atoms. The van der Waals surface area contributed by atoms with Crippen LogP contribution in [-0.4, -0.2) is 80.1 Å². The van der Waals surface area contributed by atoms with Crippen molar-refractivity contribution < 1.29 is 9.53 Å². The minimum atomic E-state index is -0.250. The maximum Gasteiger partial charge on any atom is 0.327 e. The molecule has 10 heteroatoms. The number of allylic oxidation sites excluding steroid dienone is 1. The van der Waals surface area contributed by atoms with Crippen LogP contribution in [0.2, 0.25) is 0 Å². The maximum atomic E-state index is 12.9. The summed E-state index contributed by atoms with van der Waals surface area (Å²) in [6, 6.07) is 7.58. The van der Waals surface area contributed by atoms with E-state index in [0.717, 1.165) is 62.5 Å². The van der Waals surface area contributed by atoms with Crippen molar-refractivity contribution in [1.29, 1.82) is 5.41 Å². The van der Waals surface area contributed by atoms with E-state index in [1.165, 1.54) is 12.5 Å². The lowest BCUT2D eigenvalue weighted by Crippen LogP contribution is -2.40. The van der Waals surface area contributed by atoms with E-state index in [4.69, 9.17) is 15.9 Å². The van der Waals surface area contributed by atoms with E-state index in [2.05, 4.69) is 32.1 Å². The van der Waals surface area contributed by atoms with Crippen molar-refractivity contribution in [3.8, 4) is 0 Å². The largest absolute Gasteiger partial charge is 0.404 e. The van der Waals surface area contributed by atoms with Crippen LogP contribution in [0.3, 0.4) is 0 Å². The van der Waals surface area contributed by atoms with Crippen LogP contribution >= 0.6 is 0 Å². The molecule has 0 saturated carbocycles. The monoisotopic (exact) mass is 450 g/mol. The SMILES string of the molecule is CN(CCN1CCOCC1)c1ccc(NC(=O)N2CCc3c(/C(C=N)=C/N)ncnc32)cc1. The lowest BCUT2D eigenvalue weighted by Gasteiger charge is -2.29. The van der Waals surface area contributed by atoms with E-state index < -0.39 is 0 Å². The molecule has 10 nitrogen and oxygen atoms in total. The fourth-order valence-corrected chi connectivity index (χ4v) is 4.07. The highest BCUT2D eigenvalue weighted by molar-refractivity contribution is 6.09. The second-order valence-electron chi connectivity index (χ2n) is 8.05. The molecule has 1 saturated heterocycles. The van der Waals surface area contributed by atoms with Gasteiger partial charge in [-0.15, -0.1) is 0 Å². The zero-order valence-corrected chi connectivity index (χ0v) is 18.8. The van der Waals surface area contributed by atoms with Crippen LogP contribution in [0.25, 0.3) is 5.57 Å². The van der Waals surface area contributed by atoms with Gasteiger partial charge in [0.2, 0.25) is 0 Å². The lowest BCUT2D eigenvalue weighted by molar-refractivity contribution is 0.0393. The Morgan fingerprint density at radius 3 is 2.70 bits per heavy atom. The van der Waals surface area contributed by atoms with E-state index in [0.29, 0.717) is 30.1 Å². The number of nitrogens with zero attached hydrogens (tertiary/aromatic N) is 5. The Kier molecular flexibility index (Phi) is 7.16. The fourth-order valence-electron chi connectivity index (χ4n) is 4.07. The average molecular weight is 451 g/mol. The first kappa shape index (κ1) is 22.7. The molecule has 174 valence electrons. The molecule has 2 amide bonds. The first-order chi connectivity index (χ1) is 16.1. The van der Waals surface area contributed by atoms with Crippen molar-refractivity contribution in [2.45, 2.75) is 6.42 Å². The van der Waals surface area contributed by atoms with Crippen LogP contribution < -0.4 is 20.9 Å². The first-order valence-corrected chi connectivity index (χ1v) is 11.1. The molecule has 0 aliphatic carbocycles. The van der Waals surface area contributed by atoms with Gasteiger partial charge in [-0.3, -0.25) is 9.80 Å². The third-order valence-electron chi connectivity index (χ3n) is 6.03.